The first-order valence-electron chi connectivity index (χ1n) is 3.07. The van der Waals surface area contributed by atoms with Gasteiger partial charge in [0.1, 0.15) is 0 Å². The van der Waals surface area contributed by atoms with Crippen LogP contribution in [0.1, 0.15) is 20.8 Å². The Morgan fingerprint density at radius 2 is 1.11 bits per heavy atom. The minimum absolute atomic E-state index is 0. The molecule has 0 N–H and O–H groups in total. The Hall–Kier alpha value is 1.46. The number of rotatable bonds is 3. The fourth-order valence-electron chi connectivity index (χ4n) is 0.671. The van der Waals surface area contributed by atoms with Crippen LogP contribution in [-0.2, 0) is 22.4 Å². The predicted molar refractivity (Wildman–Crippen MR) is 45.8 cm³/mol. The zero-order chi connectivity index (χ0) is 5.70. The first-order chi connectivity index (χ1) is 3.35. The molecule has 0 amide bonds. The molecule has 0 nitrogen and oxygen atoms in total. The zero-order valence-electron chi connectivity index (χ0n) is 6.28. The molecule has 0 saturated carbocycles. The molecule has 0 aromatic heterocycles. The molecule has 0 saturated heterocycles. The van der Waals surface area contributed by atoms with Crippen molar-refractivity contribution in [3.63, 3.8) is 0 Å². The number of halogens is 1. The molecule has 0 unspecified atom stereocenters. The van der Waals surface area contributed by atoms with E-state index in [-0.39, 0.29) is 34.8 Å². The fourth-order valence-corrected chi connectivity index (χ4v) is 2.01. The van der Waals surface area contributed by atoms with Gasteiger partial charge in [0.05, 0.1) is 0 Å². The Morgan fingerprint density at radius 1 is 0.889 bits per heavy atom. The molecule has 0 atom stereocenters. The van der Waals surface area contributed by atoms with Gasteiger partial charge in [-0.15, -0.1) is 20.3 Å². The topological polar surface area (TPSA) is 0 Å². The van der Waals surface area contributed by atoms with E-state index in [9.17, 15) is 0 Å². The van der Waals surface area contributed by atoms with Crippen LogP contribution in [0.2, 0.25) is 0 Å². The van der Waals surface area contributed by atoms with E-state index >= 15 is 0 Å². The van der Waals surface area contributed by atoms with Crippen molar-refractivity contribution in [2.45, 2.75) is 20.8 Å². The molecule has 63 valence electrons. The largest absolute Gasteiger partial charge is 0.147 e. The van der Waals surface area contributed by atoms with Gasteiger partial charge in [-0.3, -0.25) is 0 Å². The molecule has 1 radical (unpaired) electrons. The molecule has 0 spiro atoms. The molecule has 0 aromatic carbocycles. The molecular weight excluding hydrogens is 335 g/mol. The summed E-state index contributed by atoms with van der Waals surface area (Å²) >= 11 is 0. The Bertz CT molecular complexity index is 34.5. The van der Waals surface area contributed by atoms with Crippen molar-refractivity contribution in [2.75, 3.05) is 18.5 Å². The van der Waals surface area contributed by atoms with Crippen LogP contribution >= 0.6 is 20.3 Å². The third-order valence-electron chi connectivity index (χ3n) is 1.34. The van der Waals surface area contributed by atoms with Crippen LogP contribution in [0, 0.1) is 0 Å². The average Bonchev–Trinajstić information content (AvgIpc) is 1.72. The maximum atomic E-state index is 2.29. The third kappa shape index (κ3) is 9.46. The summed E-state index contributed by atoms with van der Waals surface area (Å²) in [6, 6.07) is 0. The molecular formula is C6H16AuClP. The van der Waals surface area contributed by atoms with E-state index in [2.05, 4.69) is 20.8 Å². The van der Waals surface area contributed by atoms with E-state index in [0.717, 1.165) is 0 Å². The van der Waals surface area contributed by atoms with Crippen molar-refractivity contribution in [3.8, 4) is 0 Å². The summed E-state index contributed by atoms with van der Waals surface area (Å²) < 4.78 is 0. The molecule has 9 heavy (non-hydrogen) atoms. The fraction of sp³-hybridized carbons (Fsp3) is 1.00. The van der Waals surface area contributed by atoms with Gasteiger partial charge in [-0.25, -0.2) is 0 Å². The zero-order valence-corrected chi connectivity index (χ0v) is 10.2. The van der Waals surface area contributed by atoms with Crippen LogP contribution in [0.4, 0.5) is 0 Å². The van der Waals surface area contributed by atoms with Crippen LogP contribution in [0.3, 0.4) is 0 Å². The van der Waals surface area contributed by atoms with E-state index in [4.69, 9.17) is 0 Å². The molecule has 0 bridgehead atoms. The summed E-state index contributed by atoms with van der Waals surface area (Å²) in [6.45, 7) is 6.87. The minimum atomic E-state index is 0. The molecule has 0 aliphatic heterocycles. The monoisotopic (exact) mass is 351 g/mol. The van der Waals surface area contributed by atoms with Gasteiger partial charge < -0.3 is 0 Å². The maximum absolute atomic E-state index is 2.29. The maximum Gasteiger partial charge on any atom is 0 e. The second-order valence-corrected chi connectivity index (χ2v) is 4.86. The van der Waals surface area contributed by atoms with Crippen molar-refractivity contribution < 1.29 is 22.4 Å². The summed E-state index contributed by atoms with van der Waals surface area (Å²) in [5.41, 5.74) is 0. The number of hydrogen-bond donors (Lipinski definition) is 0. The van der Waals surface area contributed by atoms with Crippen LogP contribution in [-0.4, -0.2) is 18.5 Å². The molecule has 0 fully saturated rings. The van der Waals surface area contributed by atoms with Crippen LogP contribution in [0.25, 0.3) is 0 Å². The summed E-state index contributed by atoms with van der Waals surface area (Å²) in [7, 11) is 0.446. The molecule has 0 heterocycles. The van der Waals surface area contributed by atoms with E-state index in [1.807, 2.05) is 0 Å². The second-order valence-electron chi connectivity index (χ2n) is 1.62. The normalized spacial score (nSPS) is 8.00. The van der Waals surface area contributed by atoms with Crippen molar-refractivity contribution in [2.24, 2.45) is 0 Å². The molecule has 0 rings (SSSR count). The molecule has 3 heteroatoms. The average molecular weight is 352 g/mol. The van der Waals surface area contributed by atoms with Gasteiger partial charge >= 0.3 is 0 Å². The first-order valence-corrected chi connectivity index (χ1v) is 4.97. The van der Waals surface area contributed by atoms with Crippen molar-refractivity contribution >= 4 is 20.3 Å². The van der Waals surface area contributed by atoms with Gasteiger partial charge in [0.15, 0.2) is 0 Å². The Labute approximate surface area is 81.9 Å². The van der Waals surface area contributed by atoms with Crippen molar-refractivity contribution in [1.82, 2.24) is 0 Å². The first kappa shape index (κ1) is 16.8. The van der Waals surface area contributed by atoms with Crippen molar-refractivity contribution in [1.29, 1.82) is 0 Å². The van der Waals surface area contributed by atoms with Crippen molar-refractivity contribution in [3.05, 3.63) is 0 Å². The third-order valence-corrected chi connectivity index (χ3v) is 4.02. The van der Waals surface area contributed by atoms with Gasteiger partial charge in [-0.05, 0) is 18.5 Å². The Morgan fingerprint density at radius 3 is 1.11 bits per heavy atom. The van der Waals surface area contributed by atoms with Crippen LogP contribution < -0.4 is 0 Å². The molecule has 0 aliphatic rings. The summed E-state index contributed by atoms with van der Waals surface area (Å²) in [4.78, 5) is 0. The van der Waals surface area contributed by atoms with Crippen LogP contribution in [0.15, 0.2) is 0 Å². The summed E-state index contributed by atoms with van der Waals surface area (Å²) in [5.74, 6) is 0. The van der Waals surface area contributed by atoms with E-state index < -0.39 is 0 Å². The van der Waals surface area contributed by atoms with E-state index in [1.54, 1.807) is 0 Å². The van der Waals surface area contributed by atoms with Gasteiger partial charge in [-0.2, -0.15) is 0 Å². The summed E-state index contributed by atoms with van der Waals surface area (Å²) in [5, 5.41) is 0. The standard InChI is InChI=1S/C6H15P.Au.ClH/c1-4-7(5-2)6-3;;/h4-6H2,1-3H3;;1H. The van der Waals surface area contributed by atoms with Gasteiger partial charge in [0.2, 0.25) is 0 Å². The SMILES string of the molecule is CCP(CC)CC.Cl.[Au]. The Kier molecular flexibility index (Phi) is 22.7. The van der Waals surface area contributed by atoms with Gasteiger partial charge in [-0.1, -0.05) is 20.8 Å². The molecule has 0 aromatic rings. The number of hydrogen-bond acceptors (Lipinski definition) is 0. The quantitative estimate of drug-likeness (QED) is 0.542. The predicted octanol–water partition coefficient (Wildman–Crippen LogP) is 2.95. The van der Waals surface area contributed by atoms with Crippen LogP contribution in [0.5, 0.6) is 0 Å². The van der Waals surface area contributed by atoms with E-state index in [0.29, 0.717) is 7.92 Å². The Balaban J connectivity index is -0.000000180. The summed E-state index contributed by atoms with van der Waals surface area (Å²) in [6.07, 6.45) is 4.26. The second kappa shape index (κ2) is 12.2. The molecule has 0 aliphatic carbocycles. The van der Waals surface area contributed by atoms with Gasteiger partial charge in [0.25, 0.3) is 0 Å². The van der Waals surface area contributed by atoms with Gasteiger partial charge in [0, 0.05) is 22.4 Å². The minimum Gasteiger partial charge on any atom is -0.147 e. The smallest absolute Gasteiger partial charge is 0 e. The van der Waals surface area contributed by atoms with E-state index in [1.165, 1.54) is 18.5 Å².